The molecule has 1 aliphatic heterocycles. The van der Waals surface area contributed by atoms with E-state index in [1.165, 1.54) is 7.11 Å². The second-order valence-corrected chi connectivity index (χ2v) is 9.82. The van der Waals surface area contributed by atoms with E-state index < -0.39 is 11.9 Å². The molecular weight excluding hydrogens is 516 g/mol. The first kappa shape index (κ1) is 30.5. The smallest absolute Gasteiger partial charge is 0.258 e. The Hall–Kier alpha value is -4.09. The predicted octanol–water partition coefficient (Wildman–Crippen LogP) is 0.995. The van der Waals surface area contributed by atoms with Gasteiger partial charge >= 0.3 is 0 Å². The summed E-state index contributed by atoms with van der Waals surface area (Å²) in [7, 11) is 3.20. The number of ether oxygens (including phenoxy) is 2. The normalized spacial score (nSPS) is 19.0. The van der Waals surface area contributed by atoms with E-state index in [0.29, 0.717) is 63.4 Å². The van der Waals surface area contributed by atoms with Crippen LogP contribution in [0.3, 0.4) is 0 Å². The Kier molecular flexibility index (Phi) is 11.8. The average Bonchev–Trinajstić information content (AvgIpc) is 3.45. The summed E-state index contributed by atoms with van der Waals surface area (Å²) in [4.78, 5) is 54.1. The van der Waals surface area contributed by atoms with Crippen molar-refractivity contribution in [1.29, 1.82) is 0 Å². The molecule has 0 aliphatic carbocycles. The first-order chi connectivity index (χ1) is 19.3. The summed E-state index contributed by atoms with van der Waals surface area (Å²) in [5.41, 5.74) is 0.856. The lowest BCUT2D eigenvalue weighted by molar-refractivity contribution is -0.135. The van der Waals surface area contributed by atoms with Gasteiger partial charge in [0, 0.05) is 52.0 Å². The molecule has 2 bridgehead atoms. The number of aromatic nitrogens is 2. The lowest BCUT2D eigenvalue weighted by Crippen LogP contribution is -2.47. The van der Waals surface area contributed by atoms with Crippen molar-refractivity contribution in [3.63, 3.8) is 0 Å². The highest BCUT2D eigenvalue weighted by Crippen LogP contribution is 2.28. The number of fused-ring (bicyclic) bond motifs is 2. The standard InChI is InChI=1S/C28H40N6O6/c1-21-28(38)32(2)14-4-5-15-33(27(37)19-34-17-7-13-30-34)16-6-12-29-25(35)11-9-22-8-10-23(39-3)24(18-22)40-20-26(36)31-21/h7-8,10,13,17-18,21H,4-6,9,11-12,14-16,19-20H2,1-3H3,(H,29,35)(H,31,36)/t21-/m0/s1. The second-order valence-electron chi connectivity index (χ2n) is 9.82. The molecule has 0 unspecified atom stereocenters. The van der Waals surface area contributed by atoms with Crippen LogP contribution in [0.4, 0.5) is 0 Å². The summed E-state index contributed by atoms with van der Waals surface area (Å²) in [5.74, 6) is 0.0605. The third-order valence-corrected chi connectivity index (χ3v) is 6.66. The lowest BCUT2D eigenvalue weighted by Gasteiger charge is -2.25. The van der Waals surface area contributed by atoms with Gasteiger partial charge in [-0.3, -0.25) is 23.9 Å². The molecule has 0 spiro atoms. The number of likely N-dealkylation sites (N-methyl/N-ethyl adjacent to an activating group) is 1. The van der Waals surface area contributed by atoms with Crippen molar-refractivity contribution in [2.75, 3.05) is 46.9 Å². The summed E-state index contributed by atoms with van der Waals surface area (Å²) in [5, 5.41) is 9.73. The molecule has 218 valence electrons. The molecule has 1 aliphatic rings. The highest BCUT2D eigenvalue weighted by atomic mass is 16.5. The molecule has 12 nitrogen and oxygen atoms in total. The third-order valence-electron chi connectivity index (χ3n) is 6.66. The van der Waals surface area contributed by atoms with Gasteiger partial charge in [-0.15, -0.1) is 0 Å². The maximum Gasteiger partial charge on any atom is 0.258 e. The van der Waals surface area contributed by atoms with Crippen LogP contribution in [0.5, 0.6) is 11.5 Å². The molecule has 1 aromatic carbocycles. The van der Waals surface area contributed by atoms with Gasteiger partial charge in [0.1, 0.15) is 12.6 Å². The van der Waals surface area contributed by atoms with Gasteiger partial charge in [0.2, 0.25) is 17.7 Å². The van der Waals surface area contributed by atoms with Crippen LogP contribution < -0.4 is 20.1 Å². The summed E-state index contributed by atoms with van der Waals surface area (Å²) < 4.78 is 12.6. The van der Waals surface area contributed by atoms with Crippen LogP contribution in [-0.2, 0) is 32.1 Å². The van der Waals surface area contributed by atoms with Gasteiger partial charge in [0.05, 0.1) is 7.11 Å². The molecule has 2 N–H and O–H groups in total. The molecule has 3 rings (SSSR count). The van der Waals surface area contributed by atoms with E-state index in [9.17, 15) is 19.2 Å². The van der Waals surface area contributed by atoms with E-state index in [1.54, 1.807) is 59.0 Å². The van der Waals surface area contributed by atoms with Crippen molar-refractivity contribution in [3.8, 4) is 11.5 Å². The van der Waals surface area contributed by atoms with E-state index in [2.05, 4.69) is 15.7 Å². The van der Waals surface area contributed by atoms with Gasteiger partial charge < -0.3 is 29.9 Å². The number of carbonyl (C=O) groups excluding carboxylic acids is 4. The van der Waals surface area contributed by atoms with E-state index in [4.69, 9.17) is 9.47 Å². The van der Waals surface area contributed by atoms with Gasteiger partial charge in [-0.05, 0) is 56.4 Å². The quantitative estimate of drug-likeness (QED) is 0.576. The molecule has 1 aromatic heterocycles. The zero-order valence-corrected chi connectivity index (χ0v) is 23.6. The van der Waals surface area contributed by atoms with Crippen molar-refractivity contribution in [2.45, 2.75) is 51.6 Å². The van der Waals surface area contributed by atoms with Gasteiger partial charge in [-0.25, -0.2) is 0 Å². The van der Waals surface area contributed by atoms with Crippen molar-refractivity contribution in [2.24, 2.45) is 0 Å². The molecule has 1 atom stereocenters. The number of hydrogen-bond donors (Lipinski definition) is 2. The number of aryl methyl sites for hydroxylation is 1. The van der Waals surface area contributed by atoms with Gasteiger partial charge in [0.15, 0.2) is 18.1 Å². The molecule has 0 fully saturated rings. The molecular formula is C28H40N6O6. The molecule has 4 amide bonds. The van der Waals surface area contributed by atoms with Crippen molar-refractivity contribution >= 4 is 23.6 Å². The van der Waals surface area contributed by atoms with Crippen LogP contribution in [0.15, 0.2) is 36.7 Å². The molecule has 40 heavy (non-hydrogen) atoms. The minimum Gasteiger partial charge on any atom is -0.493 e. The van der Waals surface area contributed by atoms with Gasteiger partial charge in [0.25, 0.3) is 5.91 Å². The van der Waals surface area contributed by atoms with E-state index in [0.717, 1.165) is 5.56 Å². The maximum atomic E-state index is 13.0. The SMILES string of the molecule is COc1ccc2cc1OCC(=O)N[C@@H](C)C(=O)N(C)CCCCN(C(=O)Cn1cccn1)CCCNC(=O)CC2. The fraction of sp³-hybridized carbons (Fsp3) is 0.536. The average molecular weight is 557 g/mol. The number of methoxy groups -OCH3 is 1. The Labute approximate surface area is 235 Å². The van der Waals surface area contributed by atoms with Gasteiger partial charge in [-0.2, -0.15) is 5.10 Å². The van der Waals surface area contributed by atoms with Crippen LogP contribution >= 0.6 is 0 Å². The summed E-state index contributed by atoms with van der Waals surface area (Å²) in [6.45, 7) is 3.45. The number of hydrogen-bond acceptors (Lipinski definition) is 7. The molecule has 0 saturated heterocycles. The number of nitrogens with zero attached hydrogens (tertiary/aromatic N) is 4. The fourth-order valence-corrected chi connectivity index (χ4v) is 4.41. The minimum atomic E-state index is -0.724. The van der Waals surface area contributed by atoms with Crippen LogP contribution in [0, 0.1) is 0 Å². The van der Waals surface area contributed by atoms with Crippen LogP contribution in [0.25, 0.3) is 0 Å². The number of amides is 4. The van der Waals surface area contributed by atoms with Crippen LogP contribution in [-0.4, -0.2) is 96.2 Å². The summed E-state index contributed by atoms with van der Waals surface area (Å²) in [6.07, 6.45) is 6.13. The first-order valence-electron chi connectivity index (χ1n) is 13.6. The number of benzene rings is 1. The second kappa shape index (κ2) is 15.5. The zero-order valence-electron chi connectivity index (χ0n) is 23.6. The number of rotatable bonds is 3. The van der Waals surface area contributed by atoms with Gasteiger partial charge in [-0.1, -0.05) is 6.07 Å². The van der Waals surface area contributed by atoms with E-state index in [1.807, 2.05) is 6.07 Å². The fourth-order valence-electron chi connectivity index (χ4n) is 4.41. The molecule has 12 heteroatoms. The minimum absolute atomic E-state index is 0.0530. The molecule has 0 saturated carbocycles. The Morgan fingerprint density at radius 2 is 1.88 bits per heavy atom. The zero-order chi connectivity index (χ0) is 28.9. The molecule has 2 aromatic rings. The predicted molar refractivity (Wildman–Crippen MR) is 148 cm³/mol. The Bertz CT molecular complexity index is 1140. The van der Waals surface area contributed by atoms with Crippen molar-refractivity contribution < 1.29 is 28.7 Å². The highest BCUT2D eigenvalue weighted by Gasteiger charge is 2.21. The summed E-state index contributed by atoms with van der Waals surface area (Å²) >= 11 is 0. The Balaban J connectivity index is 1.68. The van der Waals surface area contributed by atoms with Crippen molar-refractivity contribution in [3.05, 3.63) is 42.2 Å². The maximum absolute atomic E-state index is 13.0. The molecule has 2 heterocycles. The van der Waals surface area contributed by atoms with Crippen molar-refractivity contribution in [1.82, 2.24) is 30.2 Å². The Morgan fingerprint density at radius 3 is 2.62 bits per heavy atom. The lowest BCUT2D eigenvalue weighted by atomic mass is 10.1. The first-order valence-corrected chi connectivity index (χ1v) is 13.6. The molecule has 0 radical (unpaired) electrons. The van der Waals surface area contributed by atoms with Crippen LogP contribution in [0.1, 0.15) is 38.2 Å². The number of carbonyl (C=O) groups is 4. The highest BCUT2D eigenvalue weighted by molar-refractivity contribution is 5.87. The largest absolute Gasteiger partial charge is 0.493 e. The topological polar surface area (TPSA) is 135 Å². The third kappa shape index (κ3) is 9.58. The Morgan fingerprint density at radius 1 is 1.10 bits per heavy atom. The van der Waals surface area contributed by atoms with Crippen LogP contribution in [0.2, 0.25) is 0 Å². The van der Waals surface area contributed by atoms with E-state index in [-0.39, 0.29) is 37.3 Å². The summed E-state index contributed by atoms with van der Waals surface area (Å²) in [6, 6.07) is 6.37. The number of nitrogens with one attached hydrogen (secondary N) is 2. The van der Waals surface area contributed by atoms with E-state index >= 15 is 0 Å². The monoisotopic (exact) mass is 556 g/mol.